The lowest BCUT2D eigenvalue weighted by atomic mass is 9.97. The Hall–Kier alpha value is -4.91. The highest BCUT2D eigenvalue weighted by Gasteiger charge is 2.21. The van der Waals surface area contributed by atoms with Gasteiger partial charge in [-0.15, -0.1) is 0 Å². The van der Waals surface area contributed by atoms with Crippen LogP contribution in [-0.4, -0.2) is 32.1 Å². The Balaban J connectivity index is 1.62. The quantitative estimate of drug-likeness (QED) is 0.288. The Morgan fingerprint density at radius 2 is 1.16 bits per heavy atom. The monoisotopic (exact) mass is 509 g/mol. The van der Waals surface area contributed by atoms with Gasteiger partial charge in [0.05, 0.1) is 31.4 Å². The molecule has 0 aliphatic rings. The third kappa shape index (κ3) is 6.64. The van der Waals surface area contributed by atoms with E-state index in [2.05, 4.69) is 5.32 Å². The molecule has 4 aromatic rings. The zero-order valence-electron chi connectivity index (χ0n) is 21.0. The largest absolute Gasteiger partial charge is 0.465 e. The van der Waals surface area contributed by atoms with Gasteiger partial charge in [0.25, 0.3) is 5.91 Å². The maximum atomic E-state index is 13.4. The highest BCUT2D eigenvalue weighted by Crippen LogP contribution is 2.26. The fourth-order valence-corrected chi connectivity index (χ4v) is 3.97. The van der Waals surface area contributed by atoms with Crippen LogP contribution in [-0.2, 0) is 15.9 Å². The Labute approximate surface area is 221 Å². The van der Waals surface area contributed by atoms with Crippen LogP contribution >= 0.6 is 0 Å². The molecule has 0 bridgehead atoms. The molecule has 7 nitrogen and oxygen atoms in total. The van der Waals surface area contributed by atoms with Crippen molar-refractivity contribution in [2.75, 3.05) is 14.2 Å². The topological polar surface area (TPSA) is 90.9 Å². The molecular formula is C31H27NO6. The van der Waals surface area contributed by atoms with Gasteiger partial charge in [0, 0.05) is 5.56 Å². The number of hydrogen-bond donors (Lipinski definition) is 1. The van der Waals surface area contributed by atoms with Crippen LogP contribution in [0.15, 0.2) is 103 Å². The molecule has 7 heteroatoms. The molecule has 0 saturated heterocycles. The molecule has 38 heavy (non-hydrogen) atoms. The van der Waals surface area contributed by atoms with E-state index in [1.54, 1.807) is 0 Å². The number of esters is 2. The molecule has 0 heterocycles. The highest BCUT2D eigenvalue weighted by molar-refractivity contribution is 6.02. The van der Waals surface area contributed by atoms with E-state index in [4.69, 9.17) is 14.2 Å². The van der Waals surface area contributed by atoms with E-state index in [-0.39, 0.29) is 16.7 Å². The lowest BCUT2D eigenvalue weighted by Crippen LogP contribution is -2.30. The molecule has 1 N–H and O–H groups in total. The lowest BCUT2D eigenvalue weighted by Gasteiger charge is -2.20. The van der Waals surface area contributed by atoms with Gasteiger partial charge in [0.2, 0.25) is 0 Å². The summed E-state index contributed by atoms with van der Waals surface area (Å²) >= 11 is 0. The van der Waals surface area contributed by atoms with Crippen LogP contribution < -0.4 is 10.1 Å². The molecule has 0 aliphatic heterocycles. The summed E-state index contributed by atoms with van der Waals surface area (Å²) in [4.78, 5) is 37.8. The van der Waals surface area contributed by atoms with E-state index in [1.807, 2.05) is 84.9 Å². The van der Waals surface area contributed by atoms with E-state index in [0.29, 0.717) is 12.2 Å². The second kappa shape index (κ2) is 12.4. The third-order valence-corrected chi connectivity index (χ3v) is 5.89. The predicted molar refractivity (Wildman–Crippen MR) is 142 cm³/mol. The summed E-state index contributed by atoms with van der Waals surface area (Å²) in [5.74, 6) is -0.398. The van der Waals surface area contributed by atoms with Crippen LogP contribution in [0.4, 0.5) is 0 Å². The van der Waals surface area contributed by atoms with Crippen molar-refractivity contribution < 1.29 is 28.6 Å². The molecular weight excluding hydrogens is 482 g/mol. The van der Waals surface area contributed by atoms with Gasteiger partial charge >= 0.3 is 11.9 Å². The minimum absolute atomic E-state index is 0.0718. The Bertz CT molecular complexity index is 1370. The molecule has 4 aromatic carbocycles. The van der Waals surface area contributed by atoms with Crippen molar-refractivity contribution in [2.45, 2.75) is 12.5 Å². The number of amides is 1. The van der Waals surface area contributed by atoms with E-state index < -0.39 is 23.9 Å². The zero-order chi connectivity index (χ0) is 26.9. The first-order valence-electron chi connectivity index (χ1n) is 12.0. The zero-order valence-corrected chi connectivity index (χ0v) is 21.0. The minimum atomic E-state index is -0.667. The number of carbonyl (C=O) groups excluding carboxylic acids is 3. The minimum Gasteiger partial charge on any atom is -0.465 e. The molecule has 1 unspecified atom stereocenters. The van der Waals surface area contributed by atoms with Crippen LogP contribution in [0, 0.1) is 0 Å². The number of rotatable bonds is 9. The molecule has 0 saturated carbocycles. The smallest absolute Gasteiger partial charge is 0.337 e. The van der Waals surface area contributed by atoms with Crippen LogP contribution in [0.25, 0.3) is 0 Å². The van der Waals surface area contributed by atoms with Crippen molar-refractivity contribution in [3.8, 4) is 11.5 Å². The number of para-hydroxylation sites is 1. The number of hydrogen-bond acceptors (Lipinski definition) is 6. The number of carbonyl (C=O) groups is 3. The number of ether oxygens (including phenoxy) is 3. The first-order chi connectivity index (χ1) is 18.5. The van der Waals surface area contributed by atoms with Crippen molar-refractivity contribution in [3.63, 3.8) is 0 Å². The SMILES string of the molecule is COC(=O)c1cc(C(=O)NC(Cc2ccccc2)c2ccc(Oc3ccccc3)cc2)cc(C(=O)OC)c1. The molecule has 0 spiro atoms. The maximum absolute atomic E-state index is 13.4. The molecule has 0 radical (unpaired) electrons. The Morgan fingerprint density at radius 3 is 1.71 bits per heavy atom. The summed E-state index contributed by atoms with van der Waals surface area (Å²) in [5.41, 5.74) is 2.17. The van der Waals surface area contributed by atoms with Crippen LogP contribution in [0.3, 0.4) is 0 Å². The fraction of sp³-hybridized carbons (Fsp3) is 0.129. The summed E-state index contributed by atoms with van der Waals surface area (Å²) in [6, 6.07) is 30.4. The number of methoxy groups -OCH3 is 2. The number of benzene rings is 4. The molecule has 192 valence electrons. The van der Waals surface area contributed by atoms with Crippen molar-refractivity contribution in [1.29, 1.82) is 0 Å². The summed E-state index contributed by atoms with van der Waals surface area (Å²) in [5, 5.41) is 3.05. The standard InChI is InChI=1S/C31H27NO6/c1-36-30(34)24-18-23(19-25(20-24)31(35)37-2)29(33)32-28(17-21-9-5-3-6-10-21)22-13-15-27(16-14-22)38-26-11-7-4-8-12-26/h3-16,18-20,28H,17H2,1-2H3,(H,32,33). The average Bonchev–Trinajstić information content (AvgIpc) is 2.97. The normalized spacial score (nSPS) is 11.2. The second-order valence-corrected chi connectivity index (χ2v) is 8.48. The average molecular weight is 510 g/mol. The Kier molecular flexibility index (Phi) is 8.51. The van der Waals surface area contributed by atoms with Gasteiger partial charge in [-0.2, -0.15) is 0 Å². The van der Waals surface area contributed by atoms with Crippen molar-refractivity contribution >= 4 is 17.8 Å². The first-order valence-corrected chi connectivity index (χ1v) is 12.0. The van der Waals surface area contributed by atoms with Crippen molar-refractivity contribution in [3.05, 3.63) is 131 Å². The van der Waals surface area contributed by atoms with Gasteiger partial charge in [-0.1, -0.05) is 60.7 Å². The van der Waals surface area contributed by atoms with Gasteiger partial charge in [-0.3, -0.25) is 4.79 Å². The molecule has 1 amide bonds. The van der Waals surface area contributed by atoms with E-state index in [1.165, 1.54) is 32.4 Å². The van der Waals surface area contributed by atoms with Crippen molar-refractivity contribution in [1.82, 2.24) is 5.32 Å². The molecule has 0 fully saturated rings. The van der Waals surface area contributed by atoms with Gasteiger partial charge < -0.3 is 19.5 Å². The molecule has 0 aromatic heterocycles. The highest BCUT2D eigenvalue weighted by atomic mass is 16.5. The summed E-state index contributed by atoms with van der Waals surface area (Å²) in [6.07, 6.45) is 0.520. The van der Waals surface area contributed by atoms with Crippen molar-refractivity contribution in [2.24, 2.45) is 0 Å². The van der Waals surface area contributed by atoms with Gasteiger partial charge in [0.15, 0.2) is 0 Å². The van der Waals surface area contributed by atoms with E-state index in [0.717, 1.165) is 16.9 Å². The molecule has 0 aliphatic carbocycles. The first kappa shape index (κ1) is 26.2. The predicted octanol–water partition coefficient (Wildman–Crippen LogP) is 5.77. The van der Waals surface area contributed by atoms with Crippen LogP contribution in [0.2, 0.25) is 0 Å². The third-order valence-electron chi connectivity index (χ3n) is 5.89. The van der Waals surface area contributed by atoms with Crippen LogP contribution in [0.1, 0.15) is 48.2 Å². The van der Waals surface area contributed by atoms with Gasteiger partial charge in [-0.25, -0.2) is 9.59 Å². The number of nitrogens with one attached hydrogen (secondary N) is 1. The van der Waals surface area contributed by atoms with E-state index >= 15 is 0 Å². The Morgan fingerprint density at radius 1 is 0.658 bits per heavy atom. The van der Waals surface area contributed by atoms with E-state index in [9.17, 15) is 14.4 Å². The summed E-state index contributed by atoms with van der Waals surface area (Å²) < 4.78 is 15.5. The molecule has 4 rings (SSSR count). The van der Waals surface area contributed by atoms with Gasteiger partial charge in [0.1, 0.15) is 11.5 Å². The second-order valence-electron chi connectivity index (χ2n) is 8.48. The van der Waals surface area contributed by atoms with Crippen LogP contribution in [0.5, 0.6) is 11.5 Å². The summed E-state index contributed by atoms with van der Waals surface area (Å²) in [7, 11) is 2.46. The lowest BCUT2D eigenvalue weighted by molar-refractivity contribution is 0.0599. The maximum Gasteiger partial charge on any atom is 0.337 e. The molecule has 1 atom stereocenters. The fourth-order valence-electron chi connectivity index (χ4n) is 3.97. The van der Waals surface area contributed by atoms with Gasteiger partial charge in [-0.05, 0) is 60.0 Å². The summed E-state index contributed by atoms with van der Waals surface area (Å²) in [6.45, 7) is 0.